The van der Waals surface area contributed by atoms with E-state index in [1.54, 1.807) is 16.7 Å². The van der Waals surface area contributed by atoms with Crippen molar-refractivity contribution in [2.24, 2.45) is 5.73 Å². The Morgan fingerprint density at radius 1 is 1.31 bits per heavy atom. The predicted octanol–water partition coefficient (Wildman–Crippen LogP) is 0.471. The molecule has 10 heteroatoms. The maximum atomic E-state index is 12.8. The predicted molar refractivity (Wildman–Crippen MR) is 95.8 cm³/mol. The molecule has 2 saturated heterocycles. The Hall–Kier alpha value is -1.68. The van der Waals surface area contributed by atoms with Gasteiger partial charge in [-0.2, -0.15) is 5.21 Å². The Morgan fingerprint density at radius 2 is 2.00 bits per heavy atom. The smallest absolute Gasteiger partial charge is 0.249 e. The number of nitrogens with zero attached hydrogens (tertiary/aromatic N) is 4. The number of nitrogens with two attached hydrogens (primary N) is 1. The maximum absolute atomic E-state index is 12.8. The van der Waals surface area contributed by atoms with Gasteiger partial charge in [-0.1, -0.05) is 30.9 Å². The number of carbonyl (C=O) groups excluding carboxylic acids is 2. The zero-order valence-electron chi connectivity index (χ0n) is 15.1. The molecule has 1 aliphatic carbocycles. The lowest BCUT2D eigenvalue weighted by atomic mass is 9.89. The summed E-state index contributed by atoms with van der Waals surface area (Å²) in [6, 6.07) is -0.797. The topological polar surface area (TPSA) is 130 Å². The van der Waals surface area contributed by atoms with E-state index >= 15 is 0 Å². The number of fused-ring (bicyclic) bond motifs is 1. The number of nitrogens with one attached hydrogen (secondary N) is 2. The van der Waals surface area contributed by atoms with Crippen LogP contribution in [0.2, 0.25) is 0 Å². The second-order valence-electron chi connectivity index (χ2n) is 8.05. The summed E-state index contributed by atoms with van der Waals surface area (Å²) < 4.78 is -0.271. The van der Waals surface area contributed by atoms with Gasteiger partial charge >= 0.3 is 0 Å². The Kier molecular flexibility index (Phi) is 4.22. The molecule has 2 aliphatic heterocycles. The molecule has 2 unspecified atom stereocenters. The number of aromatic nitrogens is 4. The zero-order valence-corrected chi connectivity index (χ0v) is 15.9. The largest absolute Gasteiger partial charge is 0.340 e. The fraction of sp³-hybridized carbons (Fsp3) is 0.812. The highest BCUT2D eigenvalue weighted by Gasteiger charge is 2.63. The molecule has 1 saturated carbocycles. The van der Waals surface area contributed by atoms with E-state index in [2.05, 4.69) is 39.8 Å². The van der Waals surface area contributed by atoms with Crippen LogP contribution in [0.1, 0.15) is 64.2 Å². The number of aromatic amines is 1. The summed E-state index contributed by atoms with van der Waals surface area (Å²) in [7, 11) is 0. The summed E-state index contributed by atoms with van der Waals surface area (Å²) in [5.74, 6) is 0.203. The molecule has 4 rings (SSSR count). The van der Waals surface area contributed by atoms with Gasteiger partial charge in [0.25, 0.3) is 0 Å². The van der Waals surface area contributed by atoms with Gasteiger partial charge in [-0.05, 0) is 26.7 Å². The standard InChI is InChI=1S/C16H25N7O2S/c1-15(2)10(11-19-21-22-20-11)23-12(24)9(13(23)26-15)18-14(25)16(17)7-5-3-4-6-8-16/h9-10,13H,3-8,17H2,1-2H3,(H,18,25)(H,19,20,21,22)/t9?,10?,13-/m0/s1. The Labute approximate surface area is 156 Å². The first kappa shape index (κ1) is 17.7. The van der Waals surface area contributed by atoms with Crippen molar-refractivity contribution in [3.63, 3.8) is 0 Å². The third-order valence-corrected chi connectivity index (χ3v) is 7.35. The molecule has 0 spiro atoms. The van der Waals surface area contributed by atoms with Crippen molar-refractivity contribution < 1.29 is 9.59 Å². The van der Waals surface area contributed by atoms with Crippen molar-refractivity contribution in [1.29, 1.82) is 0 Å². The third-order valence-electron chi connectivity index (χ3n) is 5.78. The van der Waals surface area contributed by atoms with Crippen molar-refractivity contribution in [1.82, 2.24) is 30.8 Å². The molecule has 9 nitrogen and oxygen atoms in total. The molecule has 0 aromatic carbocycles. The average molecular weight is 379 g/mol. The quantitative estimate of drug-likeness (QED) is 0.514. The highest BCUT2D eigenvalue weighted by Crippen LogP contribution is 2.56. The summed E-state index contributed by atoms with van der Waals surface area (Å²) in [6.45, 7) is 4.11. The van der Waals surface area contributed by atoms with Crippen LogP contribution in [0.15, 0.2) is 0 Å². The minimum Gasteiger partial charge on any atom is -0.340 e. The molecule has 2 amide bonds. The highest BCUT2D eigenvalue weighted by atomic mass is 32.2. The molecule has 3 heterocycles. The molecule has 0 bridgehead atoms. The van der Waals surface area contributed by atoms with Crippen molar-refractivity contribution in [3.8, 4) is 0 Å². The van der Waals surface area contributed by atoms with Crippen molar-refractivity contribution in [2.45, 2.75) is 80.1 Å². The van der Waals surface area contributed by atoms with Gasteiger partial charge in [0, 0.05) is 4.75 Å². The van der Waals surface area contributed by atoms with Gasteiger partial charge in [0.1, 0.15) is 17.5 Å². The first-order valence-corrected chi connectivity index (χ1v) is 10.0. The number of tetrazole rings is 1. The number of carbonyl (C=O) groups is 2. The summed E-state index contributed by atoms with van der Waals surface area (Å²) in [4.78, 5) is 27.4. The summed E-state index contributed by atoms with van der Waals surface area (Å²) in [6.07, 6.45) is 5.50. The van der Waals surface area contributed by atoms with Gasteiger partial charge in [-0.15, -0.1) is 22.0 Å². The van der Waals surface area contributed by atoms with E-state index < -0.39 is 11.6 Å². The van der Waals surface area contributed by atoms with Crippen LogP contribution in [0.25, 0.3) is 0 Å². The number of H-pyrrole nitrogens is 1. The Balaban J connectivity index is 1.49. The lowest BCUT2D eigenvalue weighted by Crippen LogP contribution is -2.70. The van der Waals surface area contributed by atoms with Gasteiger partial charge in [0.15, 0.2) is 5.82 Å². The third kappa shape index (κ3) is 2.70. The van der Waals surface area contributed by atoms with Crippen LogP contribution in [-0.4, -0.2) is 59.0 Å². The van der Waals surface area contributed by atoms with E-state index in [0.717, 1.165) is 25.7 Å². The minimum absolute atomic E-state index is 0.103. The molecule has 3 aliphatic rings. The Bertz CT molecular complexity index is 699. The normalized spacial score (nSPS) is 32.5. The number of hydrogen-bond donors (Lipinski definition) is 3. The zero-order chi connectivity index (χ0) is 18.5. The summed E-state index contributed by atoms with van der Waals surface area (Å²) >= 11 is 1.66. The number of amides is 2. The maximum Gasteiger partial charge on any atom is 0.249 e. The van der Waals surface area contributed by atoms with Crippen molar-refractivity contribution >= 4 is 23.6 Å². The van der Waals surface area contributed by atoms with Gasteiger partial charge < -0.3 is 16.0 Å². The molecule has 3 atom stereocenters. The van der Waals surface area contributed by atoms with Crippen molar-refractivity contribution in [2.75, 3.05) is 0 Å². The van der Waals surface area contributed by atoms with Gasteiger partial charge in [-0.25, -0.2) is 0 Å². The molecule has 142 valence electrons. The number of rotatable bonds is 3. The van der Waals surface area contributed by atoms with E-state index in [1.165, 1.54) is 0 Å². The second kappa shape index (κ2) is 6.19. The van der Waals surface area contributed by atoms with Gasteiger partial charge in [0.05, 0.1) is 5.54 Å². The molecular formula is C16H25N7O2S. The van der Waals surface area contributed by atoms with Crippen LogP contribution < -0.4 is 11.1 Å². The van der Waals surface area contributed by atoms with Crippen LogP contribution >= 0.6 is 11.8 Å². The molecule has 1 aromatic heterocycles. The lowest BCUT2D eigenvalue weighted by molar-refractivity contribution is -0.152. The molecule has 26 heavy (non-hydrogen) atoms. The molecular weight excluding hydrogens is 354 g/mol. The summed E-state index contributed by atoms with van der Waals surface area (Å²) in [5.41, 5.74) is 5.54. The Morgan fingerprint density at radius 3 is 2.62 bits per heavy atom. The first-order chi connectivity index (χ1) is 12.3. The van der Waals surface area contributed by atoms with E-state index in [0.29, 0.717) is 18.7 Å². The van der Waals surface area contributed by atoms with Crippen LogP contribution in [-0.2, 0) is 9.59 Å². The van der Waals surface area contributed by atoms with Gasteiger partial charge in [-0.3, -0.25) is 9.59 Å². The highest BCUT2D eigenvalue weighted by molar-refractivity contribution is 8.01. The molecule has 4 N–H and O–H groups in total. The van der Waals surface area contributed by atoms with Gasteiger partial charge in [0.2, 0.25) is 11.8 Å². The second-order valence-corrected chi connectivity index (χ2v) is 9.82. The molecule has 3 fully saturated rings. The van der Waals surface area contributed by atoms with Crippen LogP contribution in [0.5, 0.6) is 0 Å². The lowest BCUT2D eigenvalue weighted by Gasteiger charge is -2.45. The number of hydrogen-bond acceptors (Lipinski definition) is 7. The molecule has 1 aromatic rings. The number of thioether (sulfide) groups is 1. The average Bonchev–Trinajstić information content (AvgIpc) is 3.12. The van der Waals surface area contributed by atoms with Crippen LogP contribution in [0.4, 0.5) is 0 Å². The number of β-lactam (4-membered cyclic amide) rings is 1. The van der Waals surface area contributed by atoms with E-state index in [1.807, 2.05) is 0 Å². The van der Waals surface area contributed by atoms with E-state index in [9.17, 15) is 9.59 Å². The SMILES string of the molecule is CC1(C)S[C@H]2C(NC(=O)C3(N)CCCCCC3)C(=O)N2C1c1nn[nH]n1. The van der Waals surface area contributed by atoms with Crippen molar-refractivity contribution in [3.05, 3.63) is 5.82 Å². The monoisotopic (exact) mass is 379 g/mol. The summed E-state index contributed by atoms with van der Waals surface area (Å²) in [5, 5.41) is 17.0. The molecule has 0 radical (unpaired) electrons. The fourth-order valence-corrected chi connectivity index (χ4v) is 5.95. The first-order valence-electron chi connectivity index (χ1n) is 9.17. The fourth-order valence-electron chi connectivity index (χ4n) is 4.32. The van der Waals surface area contributed by atoms with E-state index in [4.69, 9.17) is 5.73 Å². The van der Waals surface area contributed by atoms with E-state index in [-0.39, 0.29) is 28.0 Å². The van der Waals surface area contributed by atoms with Crippen LogP contribution in [0, 0.1) is 0 Å². The van der Waals surface area contributed by atoms with Crippen LogP contribution in [0.3, 0.4) is 0 Å². The minimum atomic E-state index is -0.858.